The Kier molecular flexibility index (Phi) is 5.20. The molecule has 0 bridgehead atoms. The van der Waals surface area contributed by atoms with Crippen LogP contribution in [0.4, 0.5) is 5.95 Å². The second-order valence-electron chi connectivity index (χ2n) is 7.93. The third-order valence-corrected chi connectivity index (χ3v) is 6.00. The van der Waals surface area contributed by atoms with Crippen molar-refractivity contribution in [2.75, 3.05) is 25.1 Å². The minimum atomic E-state index is 0.178. The van der Waals surface area contributed by atoms with Crippen LogP contribution >= 0.6 is 0 Å². The van der Waals surface area contributed by atoms with Crippen molar-refractivity contribution in [2.45, 2.75) is 45.6 Å². The summed E-state index contributed by atoms with van der Waals surface area (Å²) in [7, 11) is 1.68. The fourth-order valence-electron chi connectivity index (χ4n) is 4.36. The highest BCUT2D eigenvalue weighted by Gasteiger charge is 2.36. The largest absolute Gasteiger partial charge is 0.497 e. The molecule has 1 N–H and O–H groups in total. The van der Waals surface area contributed by atoms with E-state index in [1.165, 1.54) is 11.1 Å². The van der Waals surface area contributed by atoms with E-state index in [9.17, 15) is 4.79 Å². The van der Waals surface area contributed by atoms with Crippen molar-refractivity contribution in [3.8, 4) is 5.75 Å². The molecular weight excluding hydrogens is 352 g/mol. The number of aromatic nitrogens is 2. The number of carbonyl (C=O) groups is 1. The summed E-state index contributed by atoms with van der Waals surface area (Å²) in [4.78, 5) is 23.7. The van der Waals surface area contributed by atoms with Gasteiger partial charge in [0.05, 0.1) is 13.2 Å². The zero-order chi connectivity index (χ0) is 19.7. The van der Waals surface area contributed by atoms with Gasteiger partial charge in [0.15, 0.2) is 0 Å². The minimum Gasteiger partial charge on any atom is -0.497 e. The summed E-state index contributed by atoms with van der Waals surface area (Å²) in [5.74, 6) is 2.32. The number of nitrogens with one attached hydrogen (secondary N) is 1. The summed E-state index contributed by atoms with van der Waals surface area (Å²) in [5.41, 5.74) is 4.44. The van der Waals surface area contributed by atoms with Crippen LogP contribution in [0, 0.1) is 19.8 Å². The Hall–Kier alpha value is -2.63. The first-order chi connectivity index (χ1) is 13.5. The van der Waals surface area contributed by atoms with Gasteiger partial charge in [-0.25, -0.2) is 9.97 Å². The Morgan fingerprint density at radius 3 is 2.54 bits per heavy atom. The van der Waals surface area contributed by atoms with Crippen LogP contribution in [-0.2, 0) is 11.2 Å². The lowest BCUT2D eigenvalue weighted by molar-refractivity contribution is -0.121. The molecule has 28 heavy (non-hydrogen) atoms. The molecule has 6 heteroatoms. The van der Waals surface area contributed by atoms with Gasteiger partial charge >= 0.3 is 0 Å². The fraction of sp³-hybridized carbons (Fsp3) is 0.500. The van der Waals surface area contributed by atoms with Gasteiger partial charge in [-0.15, -0.1) is 0 Å². The van der Waals surface area contributed by atoms with Gasteiger partial charge in [-0.1, -0.05) is 12.1 Å². The average molecular weight is 380 g/mol. The summed E-state index contributed by atoms with van der Waals surface area (Å²) in [6.45, 7) is 5.84. The molecular formula is C22H28N4O2. The van der Waals surface area contributed by atoms with Crippen molar-refractivity contribution < 1.29 is 9.53 Å². The molecule has 0 radical (unpaired) electrons. The molecule has 6 nitrogen and oxygen atoms in total. The predicted molar refractivity (Wildman–Crippen MR) is 109 cm³/mol. The van der Waals surface area contributed by atoms with Gasteiger partial charge < -0.3 is 15.0 Å². The van der Waals surface area contributed by atoms with E-state index >= 15 is 0 Å². The Morgan fingerprint density at radius 2 is 1.86 bits per heavy atom. The van der Waals surface area contributed by atoms with Crippen molar-refractivity contribution in [1.82, 2.24) is 15.3 Å². The van der Waals surface area contributed by atoms with Crippen molar-refractivity contribution in [1.29, 1.82) is 0 Å². The Labute approximate surface area is 166 Å². The van der Waals surface area contributed by atoms with E-state index in [0.29, 0.717) is 12.3 Å². The van der Waals surface area contributed by atoms with Crippen LogP contribution < -0.4 is 15.0 Å². The van der Waals surface area contributed by atoms with E-state index in [0.717, 1.165) is 55.4 Å². The van der Waals surface area contributed by atoms with E-state index in [2.05, 4.69) is 36.2 Å². The third kappa shape index (κ3) is 3.81. The van der Waals surface area contributed by atoms with Crippen LogP contribution in [0.5, 0.6) is 5.75 Å². The minimum absolute atomic E-state index is 0.178. The molecule has 2 saturated heterocycles. The van der Waals surface area contributed by atoms with Gasteiger partial charge in [0.2, 0.25) is 11.9 Å². The van der Waals surface area contributed by atoms with Gasteiger partial charge in [0, 0.05) is 37.3 Å². The summed E-state index contributed by atoms with van der Waals surface area (Å²) in [6, 6.07) is 8.36. The first-order valence-corrected chi connectivity index (χ1v) is 10.0. The summed E-state index contributed by atoms with van der Waals surface area (Å²) < 4.78 is 5.24. The predicted octanol–water partition coefficient (Wildman–Crippen LogP) is 2.80. The average Bonchev–Trinajstić information content (AvgIpc) is 2.99. The lowest BCUT2D eigenvalue weighted by Gasteiger charge is -2.19. The molecule has 148 valence electrons. The number of anilines is 1. The second kappa shape index (κ2) is 7.78. The van der Waals surface area contributed by atoms with Gasteiger partial charge in [0.25, 0.3) is 0 Å². The van der Waals surface area contributed by atoms with Crippen LogP contribution in [-0.4, -0.2) is 42.1 Å². The number of benzene rings is 1. The molecule has 2 unspecified atom stereocenters. The topological polar surface area (TPSA) is 67.3 Å². The maximum atomic E-state index is 11.9. The maximum absolute atomic E-state index is 11.9. The van der Waals surface area contributed by atoms with E-state index in [-0.39, 0.29) is 11.9 Å². The highest BCUT2D eigenvalue weighted by Crippen LogP contribution is 2.29. The molecule has 1 amide bonds. The lowest BCUT2D eigenvalue weighted by atomic mass is 9.99. The van der Waals surface area contributed by atoms with E-state index in [1.54, 1.807) is 7.11 Å². The zero-order valence-corrected chi connectivity index (χ0v) is 16.9. The molecule has 3 heterocycles. The number of methoxy groups -OCH3 is 1. The molecule has 4 rings (SSSR count). The molecule has 0 aliphatic carbocycles. The summed E-state index contributed by atoms with van der Waals surface area (Å²) in [5, 5.41) is 3.18. The van der Waals surface area contributed by atoms with Crippen LogP contribution in [0.25, 0.3) is 0 Å². The van der Waals surface area contributed by atoms with Crippen molar-refractivity contribution in [2.24, 2.45) is 5.92 Å². The highest BCUT2D eigenvalue weighted by molar-refractivity contribution is 5.76. The van der Waals surface area contributed by atoms with E-state index in [4.69, 9.17) is 14.7 Å². The van der Waals surface area contributed by atoms with Crippen molar-refractivity contribution >= 4 is 11.9 Å². The molecule has 1 aromatic carbocycles. The molecule has 2 aliphatic heterocycles. The van der Waals surface area contributed by atoms with Crippen LogP contribution in [0.1, 0.15) is 41.8 Å². The number of hydrogen-bond acceptors (Lipinski definition) is 5. The van der Waals surface area contributed by atoms with Gasteiger partial charge in [0.1, 0.15) is 5.75 Å². The number of nitrogens with zero attached hydrogens (tertiary/aromatic N) is 3. The van der Waals surface area contributed by atoms with Gasteiger partial charge in [-0.2, -0.15) is 0 Å². The SMILES string of the molecule is COc1ccc(Cc2c(C)nc(N3CC4CCCC(=O)NC4C3)nc2C)cc1. The standard InChI is InChI=1S/C22H28N4O2/c1-14-19(11-16-7-9-18(28-3)10-8-16)15(2)24-22(23-14)26-12-17-5-4-6-21(27)25-20(17)13-26/h7-10,17,20H,4-6,11-13H2,1-3H3,(H,25,27). The number of amides is 1. The Balaban J connectivity index is 1.52. The van der Waals surface area contributed by atoms with E-state index in [1.807, 2.05) is 12.1 Å². The zero-order valence-electron chi connectivity index (χ0n) is 16.9. The second-order valence-corrected chi connectivity index (χ2v) is 7.93. The Bertz CT molecular complexity index is 842. The molecule has 1 aromatic heterocycles. The highest BCUT2D eigenvalue weighted by atomic mass is 16.5. The number of carbonyl (C=O) groups excluding carboxylic acids is 1. The van der Waals surface area contributed by atoms with Crippen LogP contribution in [0.15, 0.2) is 24.3 Å². The van der Waals surface area contributed by atoms with E-state index < -0.39 is 0 Å². The third-order valence-electron chi connectivity index (χ3n) is 6.00. The van der Waals surface area contributed by atoms with Crippen LogP contribution in [0.3, 0.4) is 0 Å². The van der Waals surface area contributed by atoms with Crippen molar-refractivity contribution in [3.05, 3.63) is 46.8 Å². The lowest BCUT2D eigenvalue weighted by Crippen LogP contribution is -2.38. The number of ether oxygens (including phenoxy) is 1. The van der Waals surface area contributed by atoms with Gasteiger partial charge in [-0.05, 0) is 55.9 Å². The molecule has 0 saturated carbocycles. The number of rotatable bonds is 4. The monoisotopic (exact) mass is 380 g/mol. The first-order valence-electron chi connectivity index (χ1n) is 10.0. The number of aryl methyl sites for hydroxylation is 2. The quantitative estimate of drug-likeness (QED) is 0.883. The fourth-order valence-corrected chi connectivity index (χ4v) is 4.36. The summed E-state index contributed by atoms with van der Waals surface area (Å²) in [6.07, 6.45) is 3.53. The number of fused-ring (bicyclic) bond motifs is 1. The summed E-state index contributed by atoms with van der Waals surface area (Å²) >= 11 is 0. The maximum Gasteiger partial charge on any atom is 0.225 e. The van der Waals surface area contributed by atoms with Crippen LogP contribution in [0.2, 0.25) is 0 Å². The van der Waals surface area contributed by atoms with Crippen molar-refractivity contribution in [3.63, 3.8) is 0 Å². The molecule has 0 spiro atoms. The molecule has 2 aliphatic rings. The number of hydrogen-bond donors (Lipinski definition) is 1. The first kappa shape index (κ1) is 18.7. The normalized spacial score (nSPS) is 21.8. The smallest absolute Gasteiger partial charge is 0.225 e. The molecule has 2 aromatic rings. The molecule has 2 atom stereocenters. The molecule has 2 fully saturated rings. The Morgan fingerprint density at radius 1 is 1.14 bits per heavy atom. The van der Waals surface area contributed by atoms with Gasteiger partial charge in [-0.3, -0.25) is 4.79 Å².